The third-order valence-electron chi connectivity index (χ3n) is 3.75. The van der Waals surface area contributed by atoms with E-state index < -0.39 is 10.9 Å². The Morgan fingerprint density at radius 2 is 1.87 bits per heavy atom. The molecular formula is C15H19N3O5. The number of benzene rings is 1. The average Bonchev–Trinajstić information content (AvgIpc) is 2.81. The summed E-state index contributed by atoms with van der Waals surface area (Å²) in [6.07, 6.45) is 4.11. The Morgan fingerprint density at radius 1 is 1.22 bits per heavy atom. The van der Waals surface area contributed by atoms with E-state index >= 15 is 0 Å². The SMILES string of the molecule is Nc1cc([N+](=O)[O-])ccc1C(=O)OCC(=O)N1CCCCCC1. The van der Waals surface area contributed by atoms with E-state index in [0.29, 0.717) is 13.1 Å². The zero-order chi connectivity index (χ0) is 16.8. The van der Waals surface area contributed by atoms with Crippen molar-refractivity contribution in [1.29, 1.82) is 0 Å². The topological polar surface area (TPSA) is 116 Å². The lowest BCUT2D eigenvalue weighted by Gasteiger charge is -2.20. The van der Waals surface area contributed by atoms with E-state index in [-0.39, 0.29) is 29.5 Å². The van der Waals surface area contributed by atoms with Crippen molar-refractivity contribution in [2.75, 3.05) is 25.4 Å². The van der Waals surface area contributed by atoms with E-state index in [1.54, 1.807) is 4.90 Å². The van der Waals surface area contributed by atoms with Crippen LogP contribution < -0.4 is 5.73 Å². The summed E-state index contributed by atoms with van der Waals surface area (Å²) >= 11 is 0. The Labute approximate surface area is 133 Å². The molecule has 1 aliphatic rings. The molecule has 1 aromatic rings. The fourth-order valence-corrected chi connectivity index (χ4v) is 2.47. The van der Waals surface area contributed by atoms with Gasteiger partial charge in [-0.15, -0.1) is 0 Å². The van der Waals surface area contributed by atoms with Gasteiger partial charge in [-0.05, 0) is 18.9 Å². The monoisotopic (exact) mass is 321 g/mol. The van der Waals surface area contributed by atoms with E-state index in [1.165, 1.54) is 12.1 Å². The van der Waals surface area contributed by atoms with Gasteiger partial charge in [0.1, 0.15) is 0 Å². The van der Waals surface area contributed by atoms with Crippen LogP contribution in [0.2, 0.25) is 0 Å². The predicted octanol–water partition coefficient (Wildman–Crippen LogP) is 1.74. The molecule has 2 rings (SSSR count). The van der Waals surface area contributed by atoms with Crippen LogP contribution >= 0.6 is 0 Å². The second-order valence-corrected chi connectivity index (χ2v) is 5.40. The molecule has 0 atom stereocenters. The molecule has 1 aromatic carbocycles. The minimum absolute atomic E-state index is 0.0132. The number of amides is 1. The van der Waals surface area contributed by atoms with Gasteiger partial charge in [0.05, 0.1) is 16.2 Å². The predicted molar refractivity (Wildman–Crippen MR) is 82.8 cm³/mol. The van der Waals surface area contributed by atoms with Gasteiger partial charge in [-0.25, -0.2) is 4.79 Å². The molecule has 0 bridgehead atoms. The third kappa shape index (κ3) is 4.41. The maximum Gasteiger partial charge on any atom is 0.340 e. The lowest BCUT2D eigenvalue weighted by molar-refractivity contribution is -0.384. The number of nitro groups is 1. The van der Waals surface area contributed by atoms with Crippen LogP contribution in [-0.2, 0) is 9.53 Å². The lowest BCUT2D eigenvalue weighted by atomic mass is 10.1. The van der Waals surface area contributed by atoms with E-state index in [0.717, 1.165) is 31.7 Å². The number of nitro benzene ring substituents is 1. The van der Waals surface area contributed by atoms with Crippen molar-refractivity contribution in [2.24, 2.45) is 0 Å². The first-order valence-electron chi connectivity index (χ1n) is 7.48. The normalized spacial score (nSPS) is 14.9. The van der Waals surface area contributed by atoms with Crippen LogP contribution in [0, 0.1) is 10.1 Å². The number of nitrogen functional groups attached to an aromatic ring is 1. The molecule has 0 aliphatic carbocycles. The summed E-state index contributed by atoms with van der Waals surface area (Å²) in [4.78, 5) is 35.7. The second-order valence-electron chi connectivity index (χ2n) is 5.40. The Balaban J connectivity index is 1.94. The molecule has 2 N–H and O–H groups in total. The highest BCUT2D eigenvalue weighted by molar-refractivity contribution is 5.96. The number of nitrogens with zero attached hydrogens (tertiary/aromatic N) is 2. The molecular weight excluding hydrogens is 302 g/mol. The first-order valence-corrected chi connectivity index (χ1v) is 7.48. The average molecular weight is 321 g/mol. The van der Waals surface area contributed by atoms with Gasteiger partial charge in [0.15, 0.2) is 6.61 Å². The van der Waals surface area contributed by atoms with Crippen LogP contribution in [-0.4, -0.2) is 41.4 Å². The highest BCUT2D eigenvalue weighted by Gasteiger charge is 2.19. The smallest absolute Gasteiger partial charge is 0.340 e. The number of carbonyl (C=O) groups excluding carboxylic acids is 2. The Morgan fingerprint density at radius 3 is 2.43 bits per heavy atom. The molecule has 1 amide bonds. The van der Waals surface area contributed by atoms with Gasteiger partial charge in [0.25, 0.3) is 11.6 Å². The summed E-state index contributed by atoms with van der Waals surface area (Å²) in [5.74, 6) is -0.999. The summed E-state index contributed by atoms with van der Waals surface area (Å²) in [5, 5.41) is 10.6. The Kier molecular flexibility index (Phi) is 5.51. The van der Waals surface area contributed by atoms with Gasteiger partial charge in [-0.1, -0.05) is 12.8 Å². The van der Waals surface area contributed by atoms with Crippen molar-refractivity contribution in [3.8, 4) is 0 Å². The molecule has 1 aliphatic heterocycles. The van der Waals surface area contributed by atoms with Gasteiger partial charge in [0, 0.05) is 25.2 Å². The molecule has 1 saturated heterocycles. The highest BCUT2D eigenvalue weighted by Crippen LogP contribution is 2.20. The molecule has 8 nitrogen and oxygen atoms in total. The molecule has 124 valence electrons. The lowest BCUT2D eigenvalue weighted by Crippen LogP contribution is -2.35. The second kappa shape index (κ2) is 7.57. The highest BCUT2D eigenvalue weighted by atomic mass is 16.6. The number of anilines is 1. The van der Waals surface area contributed by atoms with Gasteiger partial charge in [-0.3, -0.25) is 14.9 Å². The zero-order valence-electron chi connectivity index (χ0n) is 12.7. The fourth-order valence-electron chi connectivity index (χ4n) is 2.47. The van der Waals surface area contributed by atoms with Crippen molar-refractivity contribution in [2.45, 2.75) is 25.7 Å². The maximum absolute atomic E-state index is 12.0. The Bertz CT molecular complexity index is 609. The molecule has 23 heavy (non-hydrogen) atoms. The van der Waals surface area contributed by atoms with Crippen LogP contribution in [0.1, 0.15) is 36.0 Å². The number of carbonyl (C=O) groups is 2. The summed E-state index contributed by atoms with van der Waals surface area (Å²) in [6.45, 7) is 1.00. The molecule has 1 heterocycles. The Hall–Kier alpha value is -2.64. The zero-order valence-corrected chi connectivity index (χ0v) is 12.7. The van der Waals surface area contributed by atoms with Gasteiger partial charge >= 0.3 is 5.97 Å². The summed E-state index contributed by atoms with van der Waals surface area (Å²) in [5.41, 5.74) is 5.38. The number of likely N-dealkylation sites (tertiary alicyclic amines) is 1. The standard InChI is InChI=1S/C15H19N3O5/c16-13-9-11(18(21)22)5-6-12(13)15(20)23-10-14(19)17-7-3-1-2-4-8-17/h5-6,9H,1-4,7-8,10,16H2. The number of hydrogen-bond acceptors (Lipinski definition) is 6. The number of hydrogen-bond donors (Lipinski definition) is 1. The molecule has 0 radical (unpaired) electrons. The van der Waals surface area contributed by atoms with Crippen LogP contribution in [0.25, 0.3) is 0 Å². The van der Waals surface area contributed by atoms with Gasteiger partial charge in [-0.2, -0.15) is 0 Å². The van der Waals surface area contributed by atoms with E-state index in [4.69, 9.17) is 10.5 Å². The third-order valence-corrected chi connectivity index (χ3v) is 3.75. The number of rotatable bonds is 4. The number of ether oxygens (including phenoxy) is 1. The number of esters is 1. The van der Waals surface area contributed by atoms with E-state index in [1.807, 2.05) is 0 Å². The van der Waals surface area contributed by atoms with Crippen LogP contribution in [0.5, 0.6) is 0 Å². The van der Waals surface area contributed by atoms with Crippen molar-refractivity contribution in [1.82, 2.24) is 4.90 Å². The fraction of sp³-hybridized carbons (Fsp3) is 0.467. The molecule has 0 unspecified atom stereocenters. The van der Waals surface area contributed by atoms with Crippen molar-refractivity contribution in [3.05, 3.63) is 33.9 Å². The quantitative estimate of drug-likeness (QED) is 0.391. The van der Waals surface area contributed by atoms with Crippen molar-refractivity contribution in [3.63, 3.8) is 0 Å². The number of nitrogens with two attached hydrogens (primary N) is 1. The maximum atomic E-state index is 12.0. The minimum atomic E-state index is -0.763. The van der Waals surface area contributed by atoms with E-state index in [2.05, 4.69) is 0 Å². The summed E-state index contributed by atoms with van der Waals surface area (Å²) < 4.78 is 4.99. The summed E-state index contributed by atoms with van der Waals surface area (Å²) in [7, 11) is 0. The minimum Gasteiger partial charge on any atom is -0.452 e. The van der Waals surface area contributed by atoms with Gasteiger partial charge in [0.2, 0.25) is 0 Å². The molecule has 0 aromatic heterocycles. The van der Waals surface area contributed by atoms with Crippen molar-refractivity contribution >= 4 is 23.3 Å². The van der Waals surface area contributed by atoms with E-state index in [9.17, 15) is 19.7 Å². The molecule has 0 saturated carbocycles. The van der Waals surface area contributed by atoms with Gasteiger partial charge < -0.3 is 15.4 Å². The first-order chi connectivity index (χ1) is 11.0. The van der Waals surface area contributed by atoms with Crippen LogP contribution in [0.4, 0.5) is 11.4 Å². The van der Waals surface area contributed by atoms with Crippen LogP contribution in [0.3, 0.4) is 0 Å². The summed E-state index contributed by atoms with van der Waals surface area (Å²) in [6, 6.07) is 3.49. The largest absolute Gasteiger partial charge is 0.452 e. The first kappa shape index (κ1) is 16.7. The number of non-ortho nitro benzene ring substituents is 1. The van der Waals surface area contributed by atoms with Crippen molar-refractivity contribution < 1.29 is 19.2 Å². The van der Waals surface area contributed by atoms with Crippen LogP contribution in [0.15, 0.2) is 18.2 Å². The molecule has 0 spiro atoms. The molecule has 1 fully saturated rings. The molecule has 8 heteroatoms.